The lowest BCUT2D eigenvalue weighted by Crippen LogP contribution is -2.24. The number of hydrogen-bond donors (Lipinski definition) is 1. The third kappa shape index (κ3) is 2.85. The highest BCUT2D eigenvalue weighted by Gasteiger charge is 2.32. The molecule has 2 atom stereocenters. The first-order chi connectivity index (χ1) is 10.8. The summed E-state index contributed by atoms with van der Waals surface area (Å²) in [5, 5.41) is 0. The van der Waals surface area contributed by atoms with E-state index in [9.17, 15) is 0 Å². The van der Waals surface area contributed by atoms with Crippen LogP contribution in [0.4, 0.5) is 0 Å². The van der Waals surface area contributed by atoms with Crippen LogP contribution < -0.4 is 5.73 Å². The molecule has 1 heteroatoms. The first-order valence-electron chi connectivity index (χ1n) is 7.97. The fourth-order valence-electron chi connectivity index (χ4n) is 3.61. The van der Waals surface area contributed by atoms with E-state index in [4.69, 9.17) is 5.73 Å². The van der Waals surface area contributed by atoms with E-state index in [1.807, 2.05) is 6.08 Å². The standard InChI is InChI=1S/C21H23N/c1-16-15-18(11-8-14-22)19-12-6-7-13-20(19)21(16)17-9-4-2-3-5-10-17/h2-4,6-14,19-20H,5,15,22H2,1H3/b14-8-,18-11+. The average Bonchev–Trinajstić information content (AvgIpc) is 2.81. The minimum absolute atomic E-state index is 0.435. The van der Waals surface area contributed by atoms with Gasteiger partial charge in [-0.2, -0.15) is 0 Å². The summed E-state index contributed by atoms with van der Waals surface area (Å²) in [6, 6.07) is 0. The molecule has 0 saturated heterocycles. The van der Waals surface area contributed by atoms with Gasteiger partial charge >= 0.3 is 0 Å². The highest BCUT2D eigenvalue weighted by Crippen LogP contribution is 2.44. The van der Waals surface area contributed by atoms with Crippen LogP contribution in [0.5, 0.6) is 0 Å². The minimum atomic E-state index is 0.435. The van der Waals surface area contributed by atoms with Crippen molar-refractivity contribution in [2.75, 3.05) is 0 Å². The van der Waals surface area contributed by atoms with Gasteiger partial charge < -0.3 is 5.73 Å². The predicted molar refractivity (Wildman–Crippen MR) is 95.0 cm³/mol. The molecule has 112 valence electrons. The molecule has 2 N–H and O–H groups in total. The highest BCUT2D eigenvalue weighted by atomic mass is 14.5. The van der Waals surface area contributed by atoms with Gasteiger partial charge in [-0.1, -0.05) is 71.9 Å². The van der Waals surface area contributed by atoms with Crippen molar-refractivity contribution in [3.63, 3.8) is 0 Å². The van der Waals surface area contributed by atoms with Crippen LogP contribution in [-0.2, 0) is 0 Å². The second kappa shape index (κ2) is 6.65. The average molecular weight is 289 g/mol. The summed E-state index contributed by atoms with van der Waals surface area (Å²) in [6.07, 6.45) is 27.9. The Morgan fingerprint density at radius 1 is 1.09 bits per heavy atom. The predicted octanol–water partition coefficient (Wildman–Crippen LogP) is 4.91. The summed E-state index contributed by atoms with van der Waals surface area (Å²) < 4.78 is 0. The van der Waals surface area contributed by atoms with Crippen molar-refractivity contribution in [1.82, 2.24) is 0 Å². The van der Waals surface area contributed by atoms with E-state index in [1.165, 1.54) is 22.3 Å². The number of allylic oxidation sites excluding steroid dienone is 15. The molecule has 0 radical (unpaired) electrons. The molecule has 0 aliphatic heterocycles. The Hall–Kier alpha value is -2.28. The molecule has 2 unspecified atom stereocenters. The van der Waals surface area contributed by atoms with Crippen LogP contribution in [0.25, 0.3) is 0 Å². The number of fused-ring (bicyclic) bond motifs is 1. The molecule has 0 spiro atoms. The Morgan fingerprint density at radius 2 is 1.91 bits per heavy atom. The summed E-state index contributed by atoms with van der Waals surface area (Å²) in [5.74, 6) is 0.885. The van der Waals surface area contributed by atoms with Crippen molar-refractivity contribution in [2.45, 2.75) is 19.8 Å². The lowest BCUT2D eigenvalue weighted by atomic mass is 9.68. The van der Waals surface area contributed by atoms with E-state index in [2.05, 4.69) is 67.7 Å². The third-order valence-electron chi connectivity index (χ3n) is 4.55. The monoisotopic (exact) mass is 289 g/mol. The van der Waals surface area contributed by atoms with Gasteiger partial charge in [0, 0.05) is 11.8 Å². The maximum atomic E-state index is 5.52. The SMILES string of the molecule is CC1=C(C2=CCC=CC=C2)C2C=CC=CC2/C(=C/C=C\N)C1. The van der Waals surface area contributed by atoms with E-state index >= 15 is 0 Å². The third-order valence-corrected chi connectivity index (χ3v) is 4.55. The summed E-state index contributed by atoms with van der Waals surface area (Å²) in [6.45, 7) is 2.27. The van der Waals surface area contributed by atoms with Crippen LogP contribution in [0.2, 0.25) is 0 Å². The Kier molecular flexibility index (Phi) is 4.43. The second-order valence-corrected chi connectivity index (χ2v) is 6.00. The summed E-state index contributed by atoms with van der Waals surface area (Å²) in [7, 11) is 0. The molecule has 0 fully saturated rings. The van der Waals surface area contributed by atoms with Gasteiger partial charge in [-0.3, -0.25) is 0 Å². The fourth-order valence-corrected chi connectivity index (χ4v) is 3.61. The van der Waals surface area contributed by atoms with Crippen molar-refractivity contribution in [2.24, 2.45) is 17.6 Å². The molecule has 0 amide bonds. The molecule has 3 rings (SSSR count). The summed E-state index contributed by atoms with van der Waals surface area (Å²) >= 11 is 0. The van der Waals surface area contributed by atoms with Crippen LogP contribution in [0.3, 0.4) is 0 Å². The van der Waals surface area contributed by atoms with Crippen LogP contribution in [0, 0.1) is 11.8 Å². The van der Waals surface area contributed by atoms with Gasteiger partial charge in [0.2, 0.25) is 0 Å². The maximum Gasteiger partial charge on any atom is 0.0127 e. The summed E-state index contributed by atoms with van der Waals surface area (Å²) in [4.78, 5) is 0. The quantitative estimate of drug-likeness (QED) is 0.768. The maximum absolute atomic E-state index is 5.52. The lowest BCUT2D eigenvalue weighted by molar-refractivity contribution is 0.562. The van der Waals surface area contributed by atoms with Gasteiger partial charge in [0.25, 0.3) is 0 Å². The molecule has 0 aromatic carbocycles. The molecule has 3 aliphatic rings. The fraction of sp³-hybridized carbons (Fsp3) is 0.238. The zero-order chi connectivity index (χ0) is 15.4. The molecular weight excluding hydrogens is 266 g/mol. The van der Waals surface area contributed by atoms with Crippen LogP contribution in [0.1, 0.15) is 19.8 Å². The van der Waals surface area contributed by atoms with Gasteiger partial charge in [0.1, 0.15) is 0 Å². The van der Waals surface area contributed by atoms with Gasteiger partial charge in [-0.15, -0.1) is 0 Å². The number of hydrogen-bond acceptors (Lipinski definition) is 1. The zero-order valence-electron chi connectivity index (χ0n) is 13.1. The smallest absolute Gasteiger partial charge is 0.0127 e. The van der Waals surface area contributed by atoms with E-state index in [1.54, 1.807) is 6.20 Å². The van der Waals surface area contributed by atoms with Gasteiger partial charge in [-0.05, 0) is 43.2 Å². The molecule has 0 heterocycles. The molecule has 0 bridgehead atoms. The van der Waals surface area contributed by atoms with Crippen LogP contribution >= 0.6 is 0 Å². The molecule has 0 aromatic heterocycles. The van der Waals surface area contributed by atoms with Crippen molar-refractivity contribution in [1.29, 1.82) is 0 Å². The molecular formula is C21H23N. The van der Waals surface area contributed by atoms with Crippen molar-refractivity contribution >= 4 is 0 Å². The van der Waals surface area contributed by atoms with Crippen molar-refractivity contribution in [3.05, 3.63) is 95.3 Å². The number of rotatable bonds is 2. The van der Waals surface area contributed by atoms with E-state index < -0.39 is 0 Å². The van der Waals surface area contributed by atoms with Crippen molar-refractivity contribution < 1.29 is 0 Å². The Bertz CT molecular complexity index is 675. The highest BCUT2D eigenvalue weighted by molar-refractivity contribution is 5.53. The van der Waals surface area contributed by atoms with Gasteiger partial charge in [0.05, 0.1) is 0 Å². The Balaban J connectivity index is 2.04. The van der Waals surface area contributed by atoms with Gasteiger partial charge in [0.15, 0.2) is 0 Å². The van der Waals surface area contributed by atoms with Crippen LogP contribution in [0.15, 0.2) is 95.3 Å². The minimum Gasteiger partial charge on any atom is -0.405 e. The molecule has 0 aromatic rings. The van der Waals surface area contributed by atoms with E-state index in [0.29, 0.717) is 11.8 Å². The van der Waals surface area contributed by atoms with E-state index in [-0.39, 0.29) is 0 Å². The largest absolute Gasteiger partial charge is 0.405 e. The Morgan fingerprint density at radius 3 is 2.73 bits per heavy atom. The van der Waals surface area contributed by atoms with E-state index in [0.717, 1.165) is 12.8 Å². The molecule has 3 aliphatic carbocycles. The van der Waals surface area contributed by atoms with Gasteiger partial charge in [-0.25, -0.2) is 0 Å². The normalized spacial score (nSPS) is 29.1. The van der Waals surface area contributed by atoms with Crippen LogP contribution in [-0.4, -0.2) is 0 Å². The molecule has 0 saturated carbocycles. The molecule has 1 nitrogen and oxygen atoms in total. The topological polar surface area (TPSA) is 26.0 Å². The van der Waals surface area contributed by atoms with Crippen molar-refractivity contribution in [3.8, 4) is 0 Å². The summed E-state index contributed by atoms with van der Waals surface area (Å²) in [5.41, 5.74) is 11.3. The first-order valence-corrected chi connectivity index (χ1v) is 7.97. The molecule has 22 heavy (non-hydrogen) atoms. The zero-order valence-corrected chi connectivity index (χ0v) is 13.1. The Labute approximate surface area is 133 Å². The second-order valence-electron chi connectivity index (χ2n) is 6.00. The first kappa shape index (κ1) is 14.6. The lowest BCUT2D eigenvalue weighted by Gasteiger charge is -2.36. The number of nitrogens with two attached hydrogens (primary N) is 1.